The fourth-order valence-electron chi connectivity index (χ4n) is 3.27. The third kappa shape index (κ3) is 3.68. The van der Waals surface area contributed by atoms with Crippen LogP contribution in [0.15, 0.2) is 18.2 Å². The molecule has 1 aromatic rings. The summed E-state index contributed by atoms with van der Waals surface area (Å²) in [4.78, 5) is 27.3. The van der Waals surface area contributed by atoms with E-state index in [1.807, 2.05) is 4.90 Å². The molecule has 0 spiro atoms. The van der Waals surface area contributed by atoms with Crippen LogP contribution in [0.1, 0.15) is 10.4 Å². The van der Waals surface area contributed by atoms with E-state index in [1.54, 1.807) is 4.90 Å². The molecule has 2 aliphatic heterocycles. The van der Waals surface area contributed by atoms with Crippen molar-refractivity contribution in [3.63, 3.8) is 0 Å². The van der Waals surface area contributed by atoms with Crippen LogP contribution < -0.4 is 0 Å². The zero-order valence-corrected chi connectivity index (χ0v) is 13.7. The van der Waals surface area contributed by atoms with Crippen molar-refractivity contribution in [1.82, 2.24) is 9.80 Å². The van der Waals surface area contributed by atoms with Crippen LogP contribution in [0.4, 0.5) is 4.39 Å². The van der Waals surface area contributed by atoms with Crippen LogP contribution in [-0.4, -0.2) is 72.2 Å². The Morgan fingerprint density at radius 2 is 2.08 bits per heavy atom. The van der Waals surface area contributed by atoms with Crippen molar-refractivity contribution in [3.8, 4) is 0 Å². The Morgan fingerprint density at radius 3 is 2.79 bits per heavy atom. The number of amides is 1. The van der Waals surface area contributed by atoms with E-state index in [4.69, 9.17) is 21.4 Å². The van der Waals surface area contributed by atoms with Crippen molar-refractivity contribution in [1.29, 1.82) is 0 Å². The smallest absolute Gasteiger partial charge is 0.317 e. The van der Waals surface area contributed by atoms with E-state index < -0.39 is 11.8 Å². The second kappa shape index (κ2) is 7.04. The molecular formula is C16H18ClFN2O4. The average molecular weight is 357 g/mol. The Balaban J connectivity index is 1.80. The molecule has 2 bridgehead atoms. The quantitative estimate of drug-likeness (QED) is 0.885. The van der Waals surface area contributed by atoms with Crippen LogP contribution in [0.2, 0.25) is 5.02 Å². The Bertz CT molecular complexity index is 657. The largest absolute Gasteiger partial charge is 0.480 e. The zero-order valence-electron chi connectivity index (χ0n) is 13.0. The highest BCUT2D eigenvalue weighted by molar-refractivity contribution is 6.31. The number of fused-ring (bicyclic) bond motifs is 3. The minimum absolute atomic E-state index is 0.0386. The molecule has 130 valence electrons. The molecule has 1 aromatic carbocycles. The lowest BCUT2D eigenvalue weighted by atomic mass is 10.1. The van der Waals surface area contributed by atoms with Gasteiger partial charge in [0.25, 0.3) is 5.91 Å². The van der Waals surface area contributed by atoms with Gasteiger partial charge < -0.3 is 14.7 Å². The van der Waals surface area contributed by atoms with Gasteiger partial charge in [-0.1, -0.05) is 11.6 Å². The Kier molecular flexibility index (Phi) is 5.03. The van der Waals surface area contributed by atoms with Crippen molar-refractivity contribution in [2.24, 2.45) is 5.92 Å². The SMILES string of the molecule is O=C(O)CN1C[C@H]2COC[C@@H]1CN(C(=O)c1ccc(F)c(Cl)c1)C2. The second-order valence-corrected chi connectivity index (χ2v) is 6.63. The third-order valence-corrected chi connectivity index (χ3v) is 4.66. The van der Waals surface area contributed by atoms with Crippen molar-refractivity contribution >= 4 is 23.5 Å². The van der Waals surface area contributed by atoms with Gasteiger partial charge in [-0.3, -0.25) is 14.5 Å². The van der Waals surface area contributed by atoms with Crippen LogP contribution in [0.5, 0.6) is 0 Å². The molecule has 8 heteroatoms. The highest BCUT2D eigenvalue weighted by Gasteiger charge is 2.36. The molecule has 2 aliphatic rings. The van der Waals surface area contributed by atoms with Crippen LogP contribution in [-0.2, 0) is 9.53 Å². The van der Waals surface area contributed by atoms with E-state index in [0.717, 1.165) is 0 Å². The highest BCUT2D eigenvalue weighted by Crippen LogP contribution is 2.23. The van der Waals surface area contributed by atoms with Crippen molar-refractivity contribution in [3.05, 3.63) is 34.6 Å². The van der Waals surface area contributed by atoms with E-state index in [-0.39, 0.29) is 29.4 Å². The van der Waals surface area contributed by atoms with Crippen LogP contribution >= 0.6 is 11.6 Å². The maximum Gasteiger partial charge on any atom is 0.317 e. The fourth-order valence-corrected chi connectivity index (χ4v) is 3.45. The minimum atomic E-state index is -0.897. The topological polar surface area (TPSA) is 70.1 Å². The van der Waals surface area contributed by atoms with Crippen LogP contribution in [0.3, 0.4) is 0 Å². The molecule has 6 nitrogen and oxygen atoms in total. The summed E-state index contributed by atoms with van der Waals surface area (Å²) >= 11 is 5.77. The Hall–Kier alpha value is -1.70. The number of carbonyl (C=O) groups excluding carboxylic acids is 1. The van der Waals surface area contributed by atoms with Gasteiger partial charge >= 0.3 is 5.97 Å². The molecule has 0 unspecified atom stereocenters. The third-order valence-electron chi connectivity index (χ3n) is 4.37. The normalized spacial score (nSPS) is 24.5. The Morgan fingerprint density at radius 1 is 1.29 bits per heavy atom. The summed E-state index contributed by atoms with van der Waals surface area (Å²) in [6.45, 7) is 2.22. The first kappa shape index (κ1) is 17.1. The second-order valence-electron chi connectivity index (χ2n) is 6.22. The lowest BCUT2D eigenvalue weighted by Crippen LogP contribution is -2.47. The molecule has 0 aromatic heterocycles. The number of halogens is 2. The summed E-state index contributed by atoms with van der Waals surface area (Å²) in [5.41, 5.74) is 0.326. The lowest BCUT2D eigenvalue weighted by Gasteiger charge is -2.30. The van der Waals surface area contributed by atoms with Crippen molar-refractivity contribution in [2.45, 2.75) is 6.04 Å². The van der Waals surface area contributed by atoms with E-state index in [0.29, 0.717) is 38.4 Å². The number of ether oxygens (including phenoxy) is 1. The van der Waals surface area contributed by atoms with E-state index >= 15 is 0 Å². The summed E-state index contributed by atoms with van der Waals surface area (Å²) in [5.74, 6) is -1.66. The molecule has 2 heterocycles. The number of hydrogen-bond donors (Lipinski definition) is 1. The first-order valence-corrected chi connectivity index (χ1v) is 8.09. The summed E-state index contributed by atoms with van der Waals surface area (Å²) in [5, 5.41) is 8.98. The molecular weight excluding hydrogens is 339 g/mol. The maximum absolute atomic E-state index is 13.3. The lowest BCUT2D eigenvalue weighted by molar-refractivity contribution is -0.139. The molecule has 0 aliphatic carbocycles. The maximum atomic E-state index is 13.3. The first-order valence-electron chi connectivity index (χ1n) is 7.72. The summed E-state index contributed by atoms with van der Waals surface area (Å²) < 4.78 is 18.9. The molecule has 0 saturated carbocycles. The Labute approximate surface area is 143 Å². The predicted octanol–water partition coefficient (Wildman–Crippen LogP) is 1.34. The molecule has 2 saturated heterocycles. The molecule has 1 amide bonds. The molecule has 0 radical (unpaired) electrons. The molecule has 3 rings (SSSR count). The van der Waals surface area contributed by atoms with Gasteiger partial charge in [-0.05, 0) is 18.2 Å². The average Bonchev–Trinajstić information content (AvgIpc) is 2.78. The van der Waals surface area contributed by atoms with Gasteiger partial charge in [0.1, 0.15) is 5.82 Å². The van der Waals surface area contributed by atoms with Crippen molar-refractivity contribution < 1.29 is 23.8 Å². The van der Waals surface area contributed by atoms with Gasteiger partial charge in [-0.15, -0.1) is 0 Å². The van der Waals surface area contributed by atoms with E-state index in [9.17, 15) is 14.0 Å². The molecule has 2 atom stereocenters. The molecule has 1 N–H and O–H groups in total. The van der Waals surface area contributed by atoms with Crippen molar-refractivity contribution in [2.75, 3.05) is 39.4 Å². The number of carbonyl (C=O) groups is 2. The van der Waals surface area contributed by atoms with Gasteiger partial charge in [0.2, 0.25) is 0 Å². The van der Waals surface area contributed by atoms with Gasteiger partial charge in [-0.2, -0.15) is 0 Å². The van der Waals surface area contributed by atoms with Gasteiger partial charge in [0.15, 0.2) is 0 Å². The standard InChI is InChI=1S/C16H18ClFN2O4/c17-13-3-11(1-2-14(13)18)16(23)20-5-10-4-19(7-15(21)22)12(6-20)9-24-8-10/h1-3,10,12H,4-9H2,(H,21,22)/t10-,12+/m1/s1. The summed E-state index contributed by atoms with van der Waals surface area (Å²) in [7, 11) is 0. The number of carboxylic acid groups (broad SMARTS) is 1. The monoisotopic (exact) mass is 356 g/mol. The number of carboxylic acids is 1. The minimum Gasteiger partial charge on any atom is -0.480 e. The number of rotatable bonds is 3. The summed E-state index contributed by atoms with van der Waals surface area (Å²) in [6, 6.07) is 3.74. The molecule has 2 fully saturated rings. The zero-order chi connectivity index (χ0) is 17.3. The van der Waals surface area contributed by atoms with E-state index in [2.05, 4.69) is 0 Å². The predicted molar refractivity (Wildman–Crippen MR) is 84.6 cm³/mol. The number of aliphatic carboxylic acids is 1. The van der Waals surface area contributed by atoms with Gasteiger partial charge in [0, 0.05) is 31.1 Å². The first-order chi connectivity index (χ1) is 11.4. The van der Waals surface area contributed by atoms with Crippen LogP contribution in [0, 0.1) is 11.7 Å². The number of hydrogen-bond acceptors (Lipinski definition) is 4. The molecule has 24 heavy (non-hydrogen) atoms. The van der Waals surface area contributed by atoms with Gasteiger partial charge in [0.05, 0.1) is 30.8 Å². The summed E-state index contributed by atoms with van der Waals surface area (Å²) in [6.07, 6.45) is 0. The van der Waals surface area contributed by atoms with E-state index in [1.165, 1.54) is 18.2 Å². The number of benzene rings is 1. The number of nitrogens with zero attached hydrogens (tertiary/aromatic N) is 2. The fraction of sp³-hybridized carbons (Fsp3) is 0.500. The van der Waals surface area contributed by atoms with Gasteiger partial charge in [-0.25, -0.2) is 4.39 Å². The van der Waals surface area contributed by atoms with Crippen LogP contribution in [0.25, 0.3) is 0 Å². The highest BCUT2D eigenvalue weighted by atomic mass is 35.5.